The van der Waals surface area contributed by atoms with Gasteiger partial charge in [-0.25, -0.2) is 0 Å². The van der Waals surface area contributed by atoms with E-state index in [1.54, 1.807) is 0 Å². The van der Waals surface area contributed by atoms with Crippen LogP contribution >= 0.6 is 0 Å². The van der Waals surface area contributed by atoms with Gasteiger partial charge in [0.15, 0.2) is 0 Å². The molecule has 2 rings (SSSR count). The fourth-order valence-electron chi connectivity index (χ4n) is 2.43. The molecule has 0 unspecified atom stereocenters. The van der Waals surface area contributed by atoms with Crippen LogP contribution in [0.15, 0.2) is 30.3 Å². The van der Waals surface area contributed by atoms with E-state index in [1.165, 1.54) is 5.56 Å². The molecule has 4 heteroatoms. The summed E-state index contributed by atoms with van der Waals surface area (Å²) >= 11 is 0. The van der Waals surface area contributed by atoms with E-state index in [1.807, 2.05) is 6.07 Å². The Hall–Kier alpha value is -1.39. The third-order valence-corrected chi connectivity index (χ3v) is 3.77. The number of amides is 1. The molecule has 1 aromatic carbocycles. The highest BCUT2D eigenvalue weighted by atomic mass is 16.2. The summed E-state index contributed by atoms with van der Waals surface area (Å²) in [6.07, 6.45) is 2.02. The minimum atomic E-state index is 0.155. The summed E-state index contributed by atoms with van der Waals surface area (Å²) in [5, 5.41) is 3.02. The van der Waals surface area contributed by atoms with E-state index >= 15 is 0 Å². The lowest BCUT2D eigenvalue weighted by atomic mass is 10.1. The lowest BCUT2D eigenvalue weighted by Gasteiger charge is -2.31. The average molecular weight is 275 g/mol. The van der Waals surface area contributed by atoms with Crippen molar-refractivity contribution in [3.63, 3.8) is 0 Å². The Morgan fingerprint density at radius 2 is 1.85 bits per heavy atom. The molecule has 1 heterocycles. The lowest BCUT2D eigenvalue weighted by Crippen LogP contribution is -2.48. The molecule has 1 N–H and O–H groups in total. The number of rotatable bonds is 6. The first-order chi connectivity index (χ1) is 9.74. The maximum Gasteiger partial charge on any atom is 0.234 e. The first-order valence-corrected chi connectivity index (χ1v) is 7.45. The van der Waals surface area contributed by atoms with E-state index in [0.29, 0.717) is 6.54 Å². The number of hydrogen-bond acceptors (Lipinski definition) is 3. The summed E-state index contributed by atoms with van der Waals surface area (Å²) in [6.45, 7) is 5.41. The van der Waals surface area contributed by atoms with Crippen molar-refractivity contribution in [3.8, 4) is 0 Å². The summed E-state index contributed by atoms with van der Waals surface area (Å²) < 4.78 is 0. The van der Waals surface area contributed by atoms with Gasteiger partial charge in [-0.3, -0.25) is 9.69 Å². The number of nitrogens with one attached hydrogen (secondary N) is 1. The van der Waals surface area contributed by atoms with E-state index in [4.69, 9.17) is 0 Å². The van der Waals surface area contributed by atoms with Gasteiger partial charge >= 0.3 is 0 Å². The van der Waals surface area contributed by atoms with E-state index in [2.05, 4.69) is 46.4 Å². The van der Waals surface area contributed by atoms with Gasteiger partial charge in [0.2, 0.25) is 5.91 Å². The predicted octanol–water partition coefficient (Wildman–Crippen LogP) is 0.983. The van der Waals surface area contributed by atoms with Crippen LogP contribution in [-0.4, -0.2) is 62.0 Å². The van der Waals surface area contributed by atoms with Gasteiger partial charge in [0.05, 0.1) is 6.54 Å². The van der Waals surface area contributed by atoms with Crippen molar-refractivity contribution in [3.05, 3.63) is 35.9 Å². The maximum atomic E-state index is 11.8. The molecule has 0 bridgehead atoms. The Kier molecular flexibility index (Phi) is 6.02. The topological polar surface area (TPSA) is 35.6 Å². The van der Waals surface area contributed by atoms with E-state index in [9.17, 15) is 4.79 Å². The van der Waals surface area contributed by atoms with Crippen molar-refractivity contribution in [1.29, 1.82) is 0 Å². The van der Waals surface area contributed by atoms with E-state index in [-0.39, 0.29) is 5.91 Å². The molecule has 1 fully saturated rings. The minimum Gasteiger partial charge on any atom is -0.355 e. The largest absolute Gasteiger partial charge is 0.355 e. The predicted molar refractivity (Wildman–Crippen MR) is 81.7 cm³/mol. The first-order valence-electron chi connectivity index (χ1n) is 7.45. The van der Waals surface area contributed by atoms with Crippen LogP contribution in [0.2, 0.25) is 0 Å². The van der Waals surface area contributed by atoms with Crippen LogP contribution in [-0.2, 0) is 11.2 Å². The molecule has 1 saturated heterocycles. The fourth-order valence-corrected chi connectivity index (χ4v) is 2.43. The summed E-state index contributed by atoms with van der Waals surface area (Å²) in [6, 6.07) is 10.4. The second kappa shape index (κ2) is 8.02. The highest BCUT2D eigenvalue weighted by molar-refractivity contribution is 5.77. The molecule has 0 saturated carbocycles. The zero-order valence-corrected chi connectivity index (χ0v) is 12.3. The molecule has 0 aliphatic carbocycles. The molecule has 1 amide bonds. The van der Waals surface area contributed by atoms with Gasteiger partial charge in [0.1, 0.15) is 0 Å². The van der Waals surface area contributed by atoms with Gasteiger partial charge in [-0.2, -0.15) is 0 Å². The first kappa shape index (κ1) is 15.0. The number of hydrogen-bond donors (Lipinski definition) is 1. The van der Waals surface area contributed by atoms with Crippen molar-refractivity contribution in [2.75, 3.05) is 46.3 Å². The van der Waals surface area contributed by atoms with E-state index in [0.717, 1.165) is 45.6 Å². The SMILES string of the molecule is CN1CCN(CC(=O)NCCCc2ccccc2)CC1. The average Bonchev–Trinajstić information content (AvgIpc) is 2.47. The van der Waals surface area contributed by atoms with Crippen molar-refractivity contribution in [1.82, 2.24) is 15.1 Å². The summed E-state index contributed by atoms with van der Waals surface area (Å²) in [5.74, 6) is 0.155. The van der Waals surface area contributed by atoms with Crippen molar-refractivity contribution in [2.45, 2.75) is 12.8 Å². The number of piperazine rings is 1. The maximum absolute atomic E-state index is 11.8. The quantitative estimate of drug-likeness (QED) is 0.786. The summed E-state index contributed by atoms with van der Waals surface area (Å²) in [4.78, 5) is 16.4. The van der Waals surface area contributed by atoms with Crippen LogP contribution in [0, 0.1) is 0 Å². The van der Waals surface area contributed by atoms with Crippen LogP contribution in [0.4, 0.5) is 0 Å². The van der Waals surface area contributed by atoms with Crippen LogP contribution in [0.5, 0.6) is 0 Å². The van der Waals surface area contributed by atoms with Crippen molar-refractivity contribution >= 4 is 5.91 Å². The number of carbonyl (C=O) groups excluding carboxylic acids is 1. The lowest BCUT2D eigenvalue weighted by molar-refractivity contribution is -0.122. The third-order valence-electron chi connectivity index (χ3n) is 3.77. The molecule has 20 heavy (non-hydrogen) atoms. The molecular formula is C16H25N3O. The molecule has 110 valence electrons. The molecule has 0 spiro atoms. The van der Waals surface area contributed by atoms with Gasteiger partial charge in [-0.1, -0.05) is 30.3 Å². The van der Waals surface area contributed by atoms with Crippen LogP contribution in [0.3, 0.4) is 0 Å². The summed E-state index contributed by atoms with van der Waals surface area (Å²) in [5.41, 5.74) is 1.33. The molecule has 0 aromatic heterocycles. The van der Waals surface area contributed by atoms with Crippen molar-refractivity contribution in [2.24, 2.45) is 0 Å². The molecule has 1 aromatic rings. The van der Waals surface area contributed by atoms with E-state index < -0.39 is 0 Å². The van der Waals surface area contributed by atoms with Gasteiger partial charge in [0, 0.05) is 32.7 Å². The molecule has 1 aliphatic heterocycles. The van der Waals surface area contributed by atoms with Crippen LogP contribution in [0.25, 0.3) is 0 Å². The van der Waals surface area contributed by atoms with Gasteiger partial charge < -0.3 is 10.2 Å². The number of aryl methyl sites for hydroxylation is 1. The zero-order chi connectivity index (χ0) is 14.2. The molecular weight excluding hydrogens is 250 g/mol. The normalized spacial score (nSPS) is 17.1. The monoisotopic (exact) mass is 275 g/mol. The Morgan fingerprint density at radius 3 is 2.55 bits per heavy atom. The standard InChI is InChI=1S/C16H25N3O/c1-18-10-12-19(13-11-18)14-16(20)17-9-5-8-15-6-3-2-4-7-15/h2-4,6-7H,5,8-14H2,1H3,(H,17,20). The number of likely N-dealkylation sites (N-methyl/N-ethyl adjacent to an activating group) is 1. The summed E-state index contributed by atoms with van der Waals surface area (Å²) in [7, 11) is 2.13. The fraction of sp³-hybridized carbons (Fsp3) is 0.562. The molecule has 0 atom stereocenters. The van der Waals surface area contributed by atoms with Gasteiger partial charge in [-0.05, 0) is 25.5 Å². The highest BCUT2D eigenvalue weighted by Gasteiger charge is 2.15. The van der Waals surface area contributed by atoms with Crippen molar-refractivity contribution < 1.29 is 4.79 Å². The Bertz CT molecular complexity index is 399. The second-order valence-electron chi connectivity index (χ2n) is 5.52. The Labute approximate surface area is 121 Å². The molecule has 1 aliphatic rings. The Balaban J connectivity index is 1.56. The second-order valence-corrected chi connectivity index (χ2v) is 5.52. The molecule has 4 nitrogen and oxygen atoms in total. The third kappa shape index (κ3) is 5.31. The number of nitrogens with zero attached hydrogens (tertiary/aromatic N) is 2. The van der Waals surface area contributed by atoms with Crippen LogP contribution in [0.1, 0.15) is 12.0 Å². The smallest absolute Gasteiger partial charge is 0.234 e. The Morgan fingerprint density at radius 1 is 1.15 bits per heavy atom. The number of carbonyl (C=O) groups is 1. The molecule has 0 radical (unpaired) electrons. The van der Waals surface area contributed by atoms with Crippen LogP contribution < -0.4 is 5.32 Å². The zero-order valence-electron chi connectivity index (χ0n) is 12.3. The number of benzene rings is 1. The highest BCUT2D eigenvalue weighted by Crippen LogP contribution is 2.01. The van der Waals surface area contributed by atoms with Gasteiger partial charge in [-0.15, -0.1) is 0 Å². The van der Waals surface area contributed by atoms with Gasteiger partial charge in [0.25, 0.3) is 0 Å². The minimum absolute atomic E-state index is 0.155.